The van der Waals surface area contributed by atoms with Gasteiger partial charge in [0.05, 0.1) is 15.5 Å². The Morgan fingerprint density at radius 2 is 1.94 bits per heavy atom. The fourth-order valence-corrected chi connectivity index (χ4v) is 3.91. The van der Waals surface area contributed by atoms with E-state index in [-0.39, 0.29) is 15.5 Å². The lowest BCUT2D eigenvalue weighted by molar-refractivity contribution is -0.149. The zero-order valence-electron chi connectivity index (χ0n) is 16.5. The van der Waals surface area contributed by atoms with Crippen molar-refractivity contribution in [3.8, 4) is 0 Å². The summed E-state index contributed by atoms with van der Waals surface area (Å²) >= 11 is 5.97. The van der Waals surface area contributed by atoms with Gasteiger partial charge in [0, 0.05) is 12.2 Å². The molecular weight excluding hydrogens is 446 g/mol. The molecule has 1 aliphatic rings. The van der Waals surface area contributed by atoms with Crippen LogP contribution in [0.1, 0.15) is 22.8 Å². The maximum atomic E-state index is 12.5. The third-order valence-electron chi connectivity index (χ3n) is 4.73. The van der Waals surface area contributed by atoms with Gasteiger partial charge in [-0.2, -0.15) is 0 Å². The lowest BCUT2D eigenvalue weighted by Crippen LogP contribution is -2.41. The highest BCUT2D eigenvalue weighted by Crippen LogP contribution is 2.30. The molecule has 3 rings (SSSR count). The molecule has 164 valence electrons. The molecule has 11 heteroatoms. The predicted molar refractivity (Wildman–Crippen MR) is 113 cm³/mol. The summed E-state index contributed by atoms with van der Waals surface area (Å²) in [5.74, 6) is -1.79. The number of hydrogen-bond acceptors (Lipinski definition) is 6. The van der Waals surface area contributed by atoms with Gasteiger partial charge >= 0.3 is 5.97 Å². The van der Waals surface area contributed by atoms with Crippen molar-refractivity contribution in [2.75, 3.05) is 18.1 Å². The van der Waals surface area contributed by atoms with Gasteiger partial charge in [-0.1, -0.05) is 23.7 Å². The summed E-state index contributed by atoms with van der Waals surface area (Å²) in [5, 5.41) is 7.85. The first-order chi connectivity index (χ1) is 14.6. The quantitative estimate of drug-likeness (QED) is 0.616. The topological polar surface area (TPSA) is 136 Å². The second-order valence-corrected chi connectivity index (χ2v) is 8.88. The molecule has 1 atom stereocenters. The fourth-order valence-electron chi connectivity index (χ4n) is 3.13. The summed E-state index contributed by atoms with van der Waals surface area (Å²) in [4.78, 5) is 38.3. The van der Waals surface area contributed by atoms with E-state index in [9.17, 15) is 22.8 Å². The molecular formula is C20H20ClN3O6S. The highest BCUT2D eigenvalue weighted by molar-refractivity contribution is 7.89. The van der Waals surface area contributed by atoms with Gasteiger partial charge in [0.2, 0.25) is 10.0 Å². The van der Waals surface area contributed by atoms with Crippen LogP contribution in [-0.4, -0.2) is 45.4 Å². The average Bonchev–Trinajstić information content (AvgIpc) is 3.14. The molecule has 0 fully saturated rings. The van der Waals surface area contributed by atoms with Crippen molar-refractivity contribution in [3.63, 3.8) is 0 Å². The van der Waals surface area contributed by atoms with E-state index in [4.69, 9.17) is 21.5 Å². The number of nitrogens with zero attached hydrogens (tertiary/aromatic N) is 1. The lowest BCUT2D eigenvalue weighted by atomic mass is 10.2. The molecule has 0 saturated carbocycles. The van der Waals surface area contributed by atoms with E-state index in [1.54, 1.807) is 18.2 Å². The minimum Gasteiger partial charge on any atom is -0.454 e. The molecule has 2 aromatic rings. The number of amides is 2. The van der Waals surface area contributed by atoms with Gasteiger partial charge in [-0.25, -0.2) is 18.4 Å². The number of carbonyl (C=O) groups is 3. The van der Waals surface area contributed by atoms with Crippen molar-refractivity contribution in [1.82, 2.24) is 5.32 Å². The summed E-state index contributed by atoms with van der Waals surface area (Å²) in [6, 6.07) is 9.63. The van der Waals surface area contributed by atoms with E-state index < -0.39 is 40.5 Å². The van der Waals surface area contributed by atoms with E-state index in [0.717, 1.165) is 0 Å². The molecule has 0 aromatic heterocycles. The van der Waals surface area contributed by atoms with Crippen molar-refractivity contribution in [1.29, 1.82) is 0 Å². The number of primary sulfonamides is 1. The first-order valence-corrected chi connectivity index (χ1v) is 11.2. The number of rotatable bonds is 6. The van der Waals surface area contributed by atoms with Crippen molar-refractivity contribution in [2.45, 2.75) is 24.3 Å². The van der Waals surface area contributed by atoms with Crippen LogP contribution in [0.2, 0.25) is 5.02 Å². The summed E-state index contributed by atoms with van der Waals surface area (Å²) < 4.78 is 28.0. The highest BCUT2D eigenvalue weighted by Gasteiger charge is 2.27. The molecule has 2 amide bonds. The maximum absolute atomic E-state index is 12.5. The highest BCUT2D eigenvalue weighted by atomic mass is 35.5. The molecule has 0 saturated heterocycles. The number of nitrogens with one attached hydrogen (secondary N) is 1. The van der Waals surface area contributed by atoms with Crippen molar-refractivity contribution in [2.24, 2.45) is 5.14 Å². The van der Waals surface area contributed by atoms with Crippen LogP contribution in [-0.2, 0) is 30.8 Å². The van der Waals surface area contributed by atoms with E-state index >= 15 is 0 Å². The number of benzene rings is 2. The number of hydrogen-bond donors (Lipinski definition) is 2. The van der Waals surface area contributed by atoms with Gasteiger partial charge in [0.1, 0.15) is 6.04 Å². The fraction of sp³-hybridized carbons (Fsp3) is 0.250. The van der Waals surface area contributed by atoms with Crippen LogP contribution >= 0.6 is 11.6 Å². The normalized spacial score (nSPS) is 14.0. The first-order valence-electron chi connectivity index (χ1n) is 9.26. The van der Waals surface area contributed by atoms with E-state index in [0.29, 0.717) is 24.2 Å². The Morgan fingerprint density at radius 1 is 1.23 bits per heavy atom. The smallest absolute Gasteiger partial charge is 0.328 e. The zero-order chi connectivity index (χ0) is 22.8. The molecule has 1 aliphatic heterocycles. The number of halogens is 1. The van der Waals surface area contributed by atoms with Crippen LogP contribution in [0.4, 0.5) is 5.69 Å². The van der Waals surface area contributed by atoms with Gasteiger partial charge in [-0.05, 0) is 49.2 Å². The Hall–Kier alpha value is -2.95. The molecule has 9 nitrogen and oxygen atoms in total. The molecule has 0 bridgehead atoms. The van der Waals surface area contributed by atoms with E-state index in [2.05, 4.69) is 5.32 Å². The van der Waals surface area contributed by atoms with Gasteiger partial charge in [0.25, 0.3) is 11.8 Å². The van der Waals surface area contributed by atoms with E-state index in [1.165, 1.54) is 36.1 Å². The summed E-state index contributed by atoms with van der Waals surface area (Å²) in [7, 11) is -3.84. The summed E-state index contributed by atoms with van der Waals surface area (Å²) in [5.41, 5.74) is 1.41. The Kier molecular flexibility index (Phi) is 6.63. The molecule has 0 aliphatic carbocycles. The SMILES string of the molecule is C[C@H](NC(=O)c1ccccc1Cl)C(=O)OCC(=O)N1CCc2cc(S(N)(=O)=O)ccc21. The maximum Gasteiger partial charge on any atom is 0.328 e. The summed E-state index contributed by atoms with van der Waals surface area (Å²) in [6.07, 6.45) is 0.447. The van der Waals surface area contributed by atoms with Gasteiger partial charge < -0.3 is 15.0 Å². The second-order valence-electron chi connectivity index (χ2n) is 6.91. The molecule has 1 heterocycles. The van der Waals surface area contributed by atoms with Crippen LogP contribution in [0.15, 0.2) is 47.4 Å². The standard InChI is InChI=1S/C20H20ClN3O6S/c1-12(23-19(26)15-4-2-3-5-16(15)21)20(27)30-11-18(25)24-9-8-13-10-14(31(22,28)29)6-7-17(13)24/h2-7,10,12H,8-9,11H2,1H3,(H,23,26)(H2,22,28,29)/t12-/m0/s1. The molecule has 0 unspecified atom stereocenters. The Bertz CT molecular complexity index is 1150. The number of carbonyl (C=O) groups excluding carboxylic acids is 3. The first kappa shape index (κ1) is 22.7. The molecule has 0 radical (unpaired) electrons. The zero-order valence-corrected chi connectivity index (χ0v) is 18.1. The van der Waals surface area contributed by atoms with Gasteiger partial charge in [-0.15, -0.1) is 0 Å². The number of esters is 1. The van der Waals surface area contributed by atoms with E-state index in [1.807, 2.05) is 0 Å². The van der Waals surface area contributed by atoms with Crippen LogP contribution in [0.25, 0.3) is 0 Å². The third kappa shape index (κ3) is 5.22. The second kappa shape index (κ2) is 9.04. The largest absolute Gasteiger partial charge is 0.454 e. The predicted octanol–water partition coefficient (Wildman–Crippen LogP) is 1.24. The number of ether oxygens (including phenoxy) is 1. The van der Waals surface area contributed by atoms with Crippen LogP contribution in [0.3, 0.4) is 0 Å². The minimum atomic E-state index is -3.84. The number of anilines is 1. The monoisotopic (exact) mass is 465 g/mol. The molecule has 3 N–H and O–H groups in total. The van der Waals surface area contributed by atoms with Gasteiger partial charge in [0.15, 0.2) is 6.61 Å². The summed E-state index contributed by atoms with van der Waals surface area (Å²) in [6.45, 7) is 1.22. The number of nitrogens with two attached hydrogens (primary N) is 1. The van der Waals surface area contributed by atoms with Crippen molar-refractivity contribution < 1.29 is 27.5 Å². The number of fused-ring (bicyclic) bond motifs is 1. The minimum absolute atomic E-state index is 0.0323. The molecule has 0 spiro atoms. The van der Waals surface area contributed by atoms with Crippen LogP contribution in [0.5, 0.6) is 0 Å². The van der Waals surface area contributed by atoms with Crippen LogP contribution in [0, 0.1) is 0 Å². The van der Waals surface area contributed by atoms with Crippen LogP contribution < -0.4 is 15.4 Å². The van der Waals surface area contributed by atoms with Gasteiger partial charge in [-0.3, -0.25) is 9.59 Å². The van der Waals surface area contributed by atoms with Crippen molar-refractivity contribution >= 4 is 45.1 Å². The Balaban J connectivity index is 1.57. The number of sulfonamides is 1. The van der Waals surface area contributed by atoms with Crippen molar-refractivity contribution in [3.05, 3.63) is 58.6 Å². The molecule has 31 heavy (non-hydrogen) atoms. The lowest BCUT2D eigenvalue weighted by Gasteiger charge is -2.19. The average molecular weight is 466 g/mol. The third-order valence-corrected chi connectivity index (χ3v) is 5.97. The molecule has 2 aromatic carbocycles. The Morgan fingerprint density at radius 3 is 2.61 bits per heavy atom. The Labute approximate surface area is 184 Å².